The average Bonchev–Trinajstić information content (AvgIpc) is 3.10. The topological polar surface area (TPSA) is 49.3 Å². The summed E-state index contributed by atoms with van der Waals surface area (Å²) in [5.74, 6) is -2.00. The molecule has 0 spiro atoms. The molecule has 0 aromatic heterocycles. The zero-order chi connectivity index (χ0) is 15.0. The molecule has 21 heavy (non-hydrogen) atoms. The molecule has 2 N–H and O–H groups in total. The molecule has 2 aliphatic carbocycles. The Morgan fingerprint density at radius 2 is 1.95 bits per heavy atom. The van der Waals surface area contributed by atoms with E-state index in [0.29, 0.717) is 12.8 Å². The fraction of sp³-hybridized carbons (Fsp3) is 0.438. The Labute approximate surface area is 121 Å². The molecule has 2 unspecified atom stereocenters. The fourth-order valence-corrected chi connectivity index (χ4v) is 2.98. The van der Waals surface area contributed by atoms with Crippen molar-refractivity contribution in [1.29, 1.82) is 0 Å². The van der Waals surface area contributed by atoms with Gasteiger partial charge >= 0.3 is 0 Å². The number of aliphatic hydroxyl groups is 1. The number of rotatable bonds is 4. The SMILES string of the molecule is O=C(N[C@@H]1C=C[C@H](CO)C1)C1CC1c1c(F)cccc1F. The molecular formula is C16H17F2NO2. The quantitative estimate of drug-likeness (QED) is 0.836. The molecule has 1 saturated carbocycles. The van der Waals surface area contributed by atoms with Crippen LogP contribution in [0.5, 0.6) is 0 Å². The minimum absolute atomic E-state index is 0.0212. The molecule has 112 valence electrons. The van der Waals surface area contributed by atoms with Crippen LogP contribution >= 0.6 is 0 Å². The van der Waals surface area contributed by atoms with Crippen molar-refractivity contribution in [3.8, 4) is 0 Å². The first-order valence-electron chi connectivity index (χ1n) is 7.13. The molecule has 3 rings (SSSR count). The predicted molar refractivity (Wildman–Crippen MR) is 73.5 cm³/mol. The number of nitrogens with one attached hydrogen (secondary N) is 1. The average molecular weight is 293 g/mol. The second-order valence-corrected chi connectivity index (χ2v) is 5.76. The van der Waals surface area contributed by atoms with Crippen molar-refractivity contribution in [2.24, 2.45) is 11.8 Å². The first-order chi connectivity index (χ1) is 10.1. The van der Waals surface area contributed by atoms with Gasteiger partial charge in [0, 0.05) is 36.0 Å². The molecule has 0 radical (unpaired) electrons. The van der Waals surface area contributed by atoms with Gasteiger partial charge in [-0.2, -0.15) is 0 Å². The second kappa shape index (κ2) is 5.56. The van der Waals surface area contributed by atoms with Crippen LogP contribution in [0.1, 0.15) is 24.3 Å². The van der Waals surface area contributed by atoms with E-state index in [2.05, 4.69) is 5.32 Å². The number of carbonyl (C=O) groups excluding carboxylic acids is 1. The van der Waals surface area contributed by atoms with Crippen LogP contribution in [-0.2, 0) is 4.79 Å². The summed E-state index contributed by atoms with van der Waals surface area (Å²) in [5, 5.41) is 11.9. The maximum absolute atomic E-state index is 13.7. The number of amides is 1. The zero-order valence-corrected chi connectivity index (χ0v) is 11.4. The molecule has 5 heteroatoms. The largest absolute Gasteiger partial charge is 0.396 e. The molecule has 0 aliphatic heterocycles. The third kappa shape index (κ3) is 2.83. The van der Waals surface area contributed by atoms with Gasteiger partial charge in [-0.15, -0.1) is 0 Å². The van der Waals surface area contributed by atoms with E-state index in [1.807, 2.05) is 12.2 Å². The summed E-state index contributed by atoms with van der Waals surface area (Å²) < 4.78 is 27.3. The standard InChI is InChI=1S/C16H17F2NO2/c17-13-2-1-3-14(18)15(13)11-7-12(11)16(21)19-10-5-4-9(6-10)8-20/h1-5,9-12,20H,6-8H2,(H,19,21)/t9-,10+,11?,12?/m0/s1. The fourth-order valence-electron chi connectivity index (χ4n) is 2.98. The monoisotopic (exact) mass is 293 g/mol. The highest BCUT2D eigenvalue weighted by Gasteiger charge is 2.47. The van der Waals surface area contributed by atoms with Crippen LogP contribution in [0.15, 0.2) is 30.4 Å². The summed E-state index contributed by atoms with van der Waals surface area (Å²) in [7, 11) is 0. The van der Waals surface area contributed by atoms with Gasteiger partial charge < -0.3 is 10.4 Å². The van der Waals surface area contributed by atoms with Crippen molar-refractivity contribution in [3.63, 3.8) is 0 Å². The van der Waals surface area contributed by atoms with Crippen molar-refractivity contribution in [2.75, 3.05) is 6.61 Å². The molecule has 0 saturated heterocycles. The van der Waals surface area contributed by atoms with Crippen LogP contribution in [0.2, 0.25) is 0 Å². The van der Waals surface area contributed by atoms with Crippen LogP contribution in [0.25, 0.3) is 0 Å². The summed E-state index contributed by atoms with van der Waals surface area (Å²) >= 11 is 0. The Balaban J connectivity index is 1.61. The highest BCUT2D eigenvalue weighted by Crippen LogP contribution is 2.49. The van der Waals surface area contributed by atoms with E-state index >= 15 is 0 Å². The van der Waals surface area contributed by atoms with E-state index in [9.17, 15) is 13.6 Å². The van der Waals surface area contributed by atoms with Crippen LogP contribution in [-0.4, -0.2) is 23.7 Å². The third-order valence-corrected chi connectivity index (χ3v) is 4.23. The Hall–Kier alpha value is -1.75. The van der Waals surface area contributed by atoms with Crippen LogP contribution in [0, 0.1) is 23.5 Å². The molecule has 4 atom stereocenters. The van der Waals surface area contributed by atoms with E-state index in [4.69, 9.17) is 5.11 Å². The van der Waals surface area contributed by atoms with Gasteiger partial charge in [0.05, 0.1) is 0 Å². The van der Waals surface area contributed by atoms with Gasteiger partial charge in [-0.1, -0.05) is 18.2 Å². The first-order valence-corrected chi connectivity index (χ1v) is 7.13. The number of aliphatic hydroxyl groups excluding tert-OH is 1. The minimum Gasteiger partial charge on any atom is -0.396 e. The molecule has 1 aromatic rings. The lowest BCUT2D eigenvalue weighted by Gasteiger charge is -2.12. The number of hydrogen-bond donors (Lipinski definition) is 2. The van der Waals surface area contributed by atoms with E-state index < -0.39 is 11.6 Å². The van der Waals surface area contributed by atoms with Gasteiger partial charge in [0.1, 0.15) is 11.6 Å². The number of benzene rings is 1. The van der Waals surface area contributed by atoms with Crippen LogP contribution in [0.4, 0.5) is 8.78 Å². The van der Waals surface area contributed by atoms with Crippen molar-refractivity contribution in [1.82, 2.24) is 5.32 Å². The second-order valence-electron chi connectivity index (χ2n) is 5.76. The molecule has 2 aliphatic rings. The van der Waals surface area contributed by atoms with Crippen molar-refractivity contribution < 1.29 is 18.7 Å². The Kier molecular flexibility index (Phi) is 3.76. The smallest absolute Gasteiger partial charge is 0.224 e. The summed E-state index contributed by atoms with van der Waals surface area (Å²) in [5.41, 5.74) is 0.0212. The maximum atomic E-state index is 13.7. The lowest BCUT2D eigenvalue weighted by Crippen LogP contribution is -2.34. The van der Waals surface area contributed by atoms with Gasteiger partial charge in [-0.05, 0) is 25.0 Å². The predicted octanol–water partition coefficient (Wildman–Crippen LogP) is 2.12. The van der Waals surface area contributed by atoms with Gasteiger partial charge in [0.25, 0.3) is 0 Å². The van der Waals surface area contributed by atoms with E-state index in [1.165, 1.54) is 18.2 Å². The van der Waals surface area contributed by atoms with Gasteiger partial charge in [0.2, 0.25) is 5.91 Å². The number of halogens is 2. The minimum atomic E-state index is -0.587. The van der Waals surface area contributed by atoms with E-state index in [-0.39, 0.29) is 41.9 Å². The maximum Gasteiger partial charge on any atom is 0.224 e. The van der Waals surface area contributed by atoms with Gasteiger partial charge in [-0.25, -0.2) is 8.78 Å². The normalized spacial score (nSPS) is 30.4. The van der Waals surface area contributed by atoms with Crippen LogP contribution in [0.3, 0.4) is 0 Å². The lowest BCUT2D eigenvalue weighted by atomic mass is 10.1. The first kappa shape index (κ1) is 14.2. The summed E-state index contributed by atoms with van der Waals surface area (Å²) in [6.45, 7) is 0.0648. The van der Waals surface area contributed by atoms with Gasteiger partial charge in [0.15, 0.2) is 0 Å². The molecule has 1 amide bonds. The molecule has 1 fully saturated rings. The van der Waals surface area contributed by atoms with Crippen LogP contribution < -0.4 is 5.32 Å². The Morgan fingerprint density at radius 3 is 2.57 bits per heavy atom. The van der Waals surface area contributed by atoms with Crippen molar-refractivity contribution in [2.45, 2.75) is 24.8 Å². The van der Waals surface area contributed by atoms with Crippen molar-refractivity contribution >= 4 is 5.91 Å². The number of carbonyl (C=O) groups is 1. The molecule has 0 bridgehead atoms. The Bertz CT molecular complexity index is 567. The summed E-state index contributed by atoms with van der Waals surface area (Å²) in [6, 6.07) is 3.67. The Morgan fingerprint density at radius 1 is 1.24 bits per heavy atom. The highest BCUT2D eigenvalue weighted by atomic mass is 19.1. The molecule has 3 nitrogen and oxygen atoms in total. The third-order valence-electron chi connectivity index (χ3n) is 4.23. The molecule has 1 aromatic carbocycles. The van der Waals surface area contributed by atoms with Crippen molar-refractivity contribution in [3.05, 3.63) is 47.5 Å². The van der Waals surface area contributed by atoms with Gasteiger partial charge in [-0.3, -0.25) is 4.79 Å². The van der Waals surface area contributed by atoms with E-state index in [0.717, 1.165) is 0 Å². The molecule has 0 heterocycles. The highest BCUT2D eigenvalue weighted by molar-refractivity contribution is 5.83. The zero-order valence-electron chi connectivity index (χ0n) is 11.4. The summed E-state index contributed by atoms with van der Waals surface area (Å²) in [6.07, 6.45) is 4.89. The van der Waals surface area contributed by atoms with E-state index in [1.54, 1.807) is 0 Å². The lowest BCUT2D eigenvalue weighted by molar-refractivity contribution is -0.122. The number of hydrogen-bond acceptors (Lipinski definition) is 2. The molecular weight excluding hydrogens is 276 g/mol. The summed E-state index contributed by atoms with van der Waals surface area (Å²) in [4.78, 5) is 12.1.